The van der Waals surface area contributed by atoms with Gasteiger partial charge < -0.3 is 10.6 Å². The lowest BCUT2D eigenvalue weighted by Gasteiger charge is -2.26. The maximum atomic E-state index is 12.4. The van der Waals surface area contributed by atoms with Crippen molar-refractivity contribution in [3.63, 3.8) is 0 Å². The second-order valence-corrected chi connectivity index (χ2v) is 8.24. The van der Waals surface area contributed by atoms with Gasteiger partial charge in [-0.05, 0) is 29.7 Å². The number of thiophene rings is 1. The first-order valence-corrected chi connectivity index (χ1v) is 8.87. The first-order chi connectivity index (χ1) is 9.44. The van der Waals surface area contributed by atoms with E-state index in [9.17, 15) is 13.2 Å². The minimum absolute atomic E-state index is 0.0522. The molecule has 1 saturated heterocycles. The Balaban J connectivity index is 1.86. The number of carbonyl (C=O) groups excluding carboxylic acids is 1. The highest BCUT2D eigenvalue weighted by Crippen LogP contribution is 2.28. The number of anilines is 1. The van der Waals surface area contributed by atoms with Gasteiger partial charge in [-0.3, -0.25) is 4.79 Å². The van der Waals surface area contributed by atoms with Gasteiger partial charge in [-0.2, -0.15) is 0 Å². The zero-order valence-electron chi connectivity index (χ0n) is 10.7. The summed E-state index contributed by atoms with van der Waals surface area (Å²) in [6.45, 7) is 0.551. The summed E-state index contributed by atoms with van der Waals surface area (Å²) in [4.78, 5) is 14.6. The first kappa shape index (κ1) is 13.4. The lowest BCUT2D eigenvalue weighted by molar-refractivity contribution is 0.0775. The van der Waals surface area contributed by atoms with Crippen molar-refractivity contribution in [2.75, 3.05) is 30.3 Å². The average molecular weight is 310 g/mol. The number of carbonyl (C=O) groups is 1. The van der Waals surface area contributed by atoms with E-state index in [0.717, 1.165) is 10.1 Å². The van der Waals surface area contributed by atoms with Gasteiger partial charge in [-0.25, -0.2) is 8.42 Å². The van der Waals surface area contributed by atoms with E-state index in [4.69, 9.17) is 5.73 Å². The van der Waals surface area contributed by atoms with Crippen molar-refractivity contribution >= 4 is 42.9 Å². The van der Waals surface area contributed by atoms with E-state index in [-0.39, 0.29) is 30.5 Å². The molecule has 0 aliphatic carbocycles. The third-order valence-corrected chi connectivity index (χ3v) is 6.10. The van der Waals surface area contributed by atoms with Crippen LogP contribution in [0.15, 0.2) is 24.3 Å². The Kier molecular flexibility index (Phi) is 3.18. The zero-order chi connectivity index (χ0) is 14.3. The van der Waals surface area contributed by atoms with Crippen LogP contribution in [-0.2, 0) is 9.84 Å². The Hall–Kier alpha value is -1.60. The van der Waals surface area contributed by atoms with Crippen LogP contribution in [0.1, 0.15) is 9.67 Å². The van der Waals surface area contributed by atoms with Crippen molar-refractivity contribution in [2.24, 2.45) is 0 Å². The molecule has 20 heavy (non-hydrogen) atoms. The summed E-state index contributed by atoms with van der Waals surface area (Å²) in [5, 5.41) is 0.947. The van der Waals surface area contributed by atoms with E-state index in [1.54, 1.807) is 11.0 Å². The molecule has 1 fully saturated rings. The monoisotopic (exact) mass is 310 g/mol. The molecule has 1 amide bonds. The number of rotatable bonds is 1. The molecular weight excluding hydrogens is 296 g/mol. The molecule has 106 valence electrons. The Bertz CT molecular complexity index is 766. The van der Waals surface area contributed by atoms with Crippen molar-refractivity contribution < 1.29 is 13.2 Å². The molecule has 0 bridgehead atoms. The summed E-state index contributed by atoms with van der Waals surface area (Å²) in [5.74, 6) is 0.00681. The van der Waals surface area contributed by atoms with Crippen LogP contribution in [0.2, 0.25) is 0 Å². The average Bonchev–Trinajstić information content (AvgIpc) is 2.80. The van der Waals surface area contributed by atoms with Crippen LogP contribution in [0.25, 0.3) is 10.1 Å². The fourth-order valence-electron chi connectivity index (χ4n) is 2.24. The molecule has 3 rings (SSSR count). The highest BCUT2D eigenvalue weighted by Gasteiger charge is 2.26. The van der Waals surface area contributed by atoms with Gasteiger partial charge in [0.25, 0.3) is 5.91 Å². The van der Waals surface area contributed by atoms with Crippen LogP contribution < -0.4 is 5.73 Å². The van der Waals surface area contributed by atoms with Crippen LogP contribution in [0, 0.1) is 0 Å². The van der Waals surface area contributed by atoms with Crippen LogP contribution in [0.3, 0.4) is 0 Å². The van der Waals surface area contributed by atoms with E-state index in [1.807, 2.05) is 18.2 Å². The minimum Gasteiger partial charge on any atom is -0.399 e. The maximum Gasteiger partial charge on any atom is 0.264 e. The second kappa shape index (κ2) is 4.75. The SMILES string of the molecule is Nc1ccc2sc(C(=O)N3CCS(=O)(=O)CC3)cc2c1. The number of nitrogens with zero attached hydrogens (tertiary/aromatic N) is 1. The molecule has 1 aromatic carbocycles. The summed E-state index contributed by atoms with van der Waals surface area (Å²) in [7, 11) is -2.97. The first-order valence-electron chi connectivity index (χ1n) is 6.23. The van der Waals surface area contributed by atoms with Gasteiger partial charge in [-0.15, -0.1) is 11.3 Å². The number of amides is 1. The molecule has 2 heterocycles. The second-order valence-electron chi connectivity index (χ2n) is 4.85. The van der Waals surface area contributed by atoms with Gasteiger partial charge in [-0.1, -0.05) is 0 Å². The smallest absolute Gasteiger partial charge is 0.264 e. The van der Waals surface area contributed by atoms with Gasteiger partial charge in [0.05, 0.1) is 16.4 Å². The molecule has 5 nitrogen and oxygen atoms in total. The molecule has 0 atom stereocenters. The Labute approximate surface area is 120 Å². The van der Waals surface area contributed by atoms with Gasteiger partial charge >= 0.3 is 0 Å². The number of nitrogen functional groups attached to an aromatic ring is 1. The molecule has 1 aliphatic rings. The molecule has 2 N–H and O–H groups in total. The highest BCUT2D eigenvalue weighted by atomic mass is 32.2. The van der Waals surface area contributed by atoms with Crippen molar-refractivity contribution in [2.45, 2.75) is 0 Å². The molecule has 0 spiro atoms. The van der Waals surface area contributed by atoms with E-state index < -0.39 is 9.84 Å². The molecule has 1 aliphatic heterocycles. The van der Waals surface area contributed by atoms with Crippen LogP contribution in [0.5, 0.6) is 0 Å². The standard InChI is InChI=1S/C13H14N2O3S2/c14-10-1-2-11-9(7-10)8-12(19-11)13(16)15-3-5-20(17,18)6-4-15/h1-2,7-8H,3-6,14H2. The number of fused-ring (bicyclic) bond motifs is 1. The zero-order valence-corrected chi connectivity index (χ0v) is 12.3. The summed E-state index contributed by atoms with van der Waals surface area (Å²) in [6.07, 6.45) is 0. The van der Waals surface area contributed by atoms with Crippen molar-refractivity contribution in [3.05, 3.63) is 29.1 Å². The molecule has 0 saturated carbocycles. The maximum absolute atomic E-state index is 12.4. The quantitative estimate of drug-likeness (QED) is 0.806. The number of nitrogens with two attached hydrogens (primary N) is 1. The molecule has 1 aromatic heterocycles. The summed E-state index contributed by atoms with van der Waals surface area (Å²) in [5.41, 5.74) is 6.39. The van der Waals surface area contributed by atoms with Gasteiger partial charge in [0.15, 0.2) is 9.84 Å². The van der Waals surface area contributed by atoms with Crippen molar-refractivity contribution in [1.29, 1.82) is 0 Å². The minimum atomic E-state index is -2.97. The number of benzene rings is 1. The summed E-state index contributed by atoms with van der Waals surface area (Å²) < 4.78 is 23.8. The third kappa shape index (κ3) is 2.51. The fraction of sp³-hybridized carbons (Fsp3) is 0.308. The number of hydrogen-bond donors (Lipinski definition) is 1. The van der Waals surface area contributed by atoms with Crippen LogP contribution >= 0.6 is 11.3 Å². The third-order valence-electron chi connectivity index (χ3n) is 3.38. The van der Waals surface area contributed by atoms with Gasteiger partial charge in [0, 0.05) is 23.5 Å². The van der Waals surface area contributed by atoms with E-state index in [1.165, 1.54) is 11.3 Å². The normalized spacial score (nSPS) is 18.3. The lowest BCUT2D eigenvalue weighted by Crippen LogP contribution is -2.43. The Morgan fingerprint density at radius 3 is 2.60 bits per heavy atom. The van der Waals surface area contributed by atoms with E-state index in [0.29, 0.717) is 10.6 Å². The topological polar surface area (TPSA) is 80.5 Å². The van der Waals surface area contributed by atoms with E-state index in [2.05, 4.69) is 0 Å². The number of sulfone groups is 1. The van der Waals surface area contributed by atoms with E-state index >= 15 is 0 Å². The predicted octanol–water partition coefficient (Wildman–Crippen LogP) is 1.35. The molecule has 2 aromatic rings. The van der Waals surface area contributed by atoms with Gasteiger partial charge in [0.2, 0.25) is 0 Å². The van der Waals surface area contributed by atoms with Crippen molar-refractivity contribution in [1.82, 2.24) is 4.90 Å². The van der Waals surface area contributed by atoms with Gasteiger partial charge in [0.1, 0.15) is 0 Å². The molecule has 0 unspecified atom stereocenters. The Morgan fingerprint density at radius 1 is 1.20 bits per heavy atom. The summed E-state index contributed by atoms with van der Waals surface area (Å²) >= 11 is 1.41. The van der Waals surface area contributed by atoms with Crippen LogP contribution in [0.4, 0.5) is 5.69 Å². The Morgan fingerprint density at radius 2 is 1.90 bits per heavy atom. The highest BCUT2D eigenvalue weighted by molar-refractivity contribution is 7.91. The van der Waals surface area contributed by atoms with Crippen LogP contribution in [-0.4, -0.2) is 43.8 Å². The molecule has 7 heteroatoms. The van der Waals surface area contributed by atoms with Crippen molar-refractivity contribution in [3.8, 4) is 0 Å². The largest absolute Gasteiger partial charge is 0.399 e. The summed E-state index contributed by atoms with van der Waals surface area (Å²) in [6, 6.07) is 7.36. The fourth-order valence-corrected chi connectivity index (χ4v) is 4.45. The predicted molar refractivity (Wildman–Crippen MR) is 80.8 cm³/mol. The molecular formula is C13H14N2O3S2. The lowest BCUT2D eigenvalue weighted by atomic mass is 10.2. The number of hydrogen-bond acceptors (Lipinski definition) is 5. The molecule has 0 radical (unpaired) electrons.